The van der Waals surface area contributed by atoms with Crippen molar-refractivity contribution < 1.29 is 0 Å². The molecule has 0 saturated heterocycles. The van der Waals surface area contributed by atoms with Gasteiger partial charge in [0.15, 0.2) is 0 Å². The molecule has 104 valence electrons. The van der Waals surface area contributed by atoms with Gasteiger partial charge in [-0.05, 0) is 29.2 Å². The fourth-order valence-corrected chi connectivity index (χ4v) is 2.12. The summed E-state index contributed by atoms with van der Waals surface area (Å²) >= 11 is 5.00. The normalized spacial score (nSPS) is 10.6. The Balaban J connectivity index is 2.07. The summed E-state index contributed by atoms with van der Waals surface area (Å²) in [4.78, 5) is 4.51. The van der Waals surface area contributed by atoms with Crippen LogP contribution in [0, 0.1) is 0 Å². The maximum atomic E-state index is 5.67. The highest BCUT2D eigenvalue weighted by molar-refractivity contribution is 7.80. The maximum Gasteiger partial charge on any atom is 0.124 e. The van der Waals surface area contributed by atoms with E-state index in [0.717, 1.165) is 12.2 Å². The largest absolute Gasteiger partial charge is 0.388 e. The molecule has 1 heterocycles. The van der Waals surface area contributed by atoms with Crippen LogP contribution in [0.4, 0.5) is 5.69 Å². The monoisotopic (exact) mass is 285 g/mol. The van der Waals surface area contributed by atoms with E-state index in [4.69, 9.17) is 18.0 Å². The van der Waals surface area contributed by atoms with Crippen LogP contribution >= 0.6 is 12.2 Å². The lowest BCUT2D eigenvalue weighted by atomic mass is 10.0. The Bertz CT molecular complexity index is 591. The highest BCUT2D eigenvalue weighted by Gasteiger charge is 2.05. The Morgan fingerprint density at radius 2 is 1.95 bits per heavy atom. The zero-order chi connectivity index (χ0) is 14.5. The molecule has 4 heteroatoms. The Labute approximate surface area is 125 Å². The first-order valence-corrected chi connectivity index (χ1v) is 7.06. The van der Waals surface area contributed by atoms with E-state index in [0.29, 0.717) is 16.6 Å². The Hall–Kier alpha value is -1.94. The molecule has 1 aromatic carbocycles. The third kappa shape index (κ3) is 3.54. The molecule has 20 heavy (non-hydrogen) atoms. The highest BCUT2D eigenvalue weighted by Crippen LogP contribution is 2.17. The maximum absolute atomic E-state index is 5.67. The quantitative estimate of drug-likeness (QED) is 0.826. The van der Waals surface area contributed by atoms with Gasteiger partial charge in [0, 0.05) is 12.7 Å². The second-order valence-electron chi connectivity index (χ2n) is 5.01. The molecule has 0 spiro atoms. The van der Waals surface area contributed by atoms with Crippen molar-refractivity contribution in [1.82, 2.24) is 4.98 Å². The Kier molecular flexibility index (Phi) is 4.69. The average molecular weight is 285 g/mol. The lowest BCUT2D eigenvalue weighted by Crippen LogP contribution is -2.15. The number of rotatable bonds is 5. The molecular formula is C16H19N3S. The number of nitrogens with one attached hydrogen (secondary N) is 1. The fraction of sp³-hybridized carbons (Fsp3) is 0.250. The number of anilines is 1. The van der Waals surface area contributed by atoms with Crippen LogP contribution in [0.3, 0.4) is 0 Å². The van der Waals surface area contributed by atoms with Crippen LogP contribution in [-0.4, -0.2) is 9.97 Å². The molecule has 3 N–H and O–H groups in total. The highest BCUT2D eigenvalue weighted by atomic mass is 32.1. The van der Waals surface area contributed by atoms with E-state index in [-0.39, 0.29) is 0 Å². The predicted octanol–water partition coefficient (Wildman–Crippen LogP) is 3.45. The molecule has 0 fully saturated rings. The van der Waals surface area contributed by atoms with Crippen LogP contribution in [0.25, 0.3) is 0 Å². The Morgan fingerprint density at radius 1 is 1.25 bits per heavy atom. The van der Waals surface area contributed by atoms with Crippen molar-refractivity contribution in [3.05, 3.63) is 59.4 Å². The van der Waals surface area contributed by atoms with Crippen LogP contribution in [0.15, 0.2) is 42.6 Å². The number of nitrogens with two attached hydrogens (primary N) is 1. The summed E-state index contributed by atoms with van der Waals surface area (Å²) in [5, 5.41) is 3.33. The van der Waals surface area contributed by atoms with Gasteiger partial charge in [0.2, 0.25) is 0 Å². The molecule has 0 radical (unpaired) electrons. The first kappa shape index (κ1) is 14.5. The van der Waals surface area contributed by atoms with E-state index < -0.39 is 0 Å². The molecule has 2 aromatic rings. The van der Waals surface area contributed by atoms with Crippen LogP contribution in [0.5, 0.6) is 0 Å². The number of thiocarbonyl (C=S) groups is 1. The van der Waals surface area contributed by atoms with E-state index in [2.05, 4.69) is 48.4 Å². The molecular weight excluding hydrogens is 266 g/mol. The molecule has 2 rings (SSSR count). The van der Waals surface area contributed by atoms with Crippen LogP contribution in [0.1, 0.15) is 36.6 Å². The summed E-state index contributed by atoms with van der Waals surface area (Å²) in [5.74, 6) is 0.552. The topological polar surface area (TPSA) is 50.9 Å². The second kappa shape index (κ2) is 6.48. The van der Waals surface area contributed by atoms with Crippen molar-refractivity contribution in [1.29, 1.82) is 0 Å². The minimum Gasteiger partial charge on any atom is -0.388 e. The van der Waals surface area contributed by atoms with Gasteiger partial charge in [-0.1, -0.05) is 50.3 Å². The van der Waals surface area contributed by atoms with Gasteiger partial charge in [0.25, 0.3) is 0 Å². The first-order chi connectivity index (χ1) is 9.58. The summed E-state index contributed by atoms with van der Waals surface area (Å²) in [7, 11) is 0. The third-order valence-corrected chi connectivity index (χ3v) is 3.36. The van der Waals surface area contributed by atoms with E-state index in [1.54, 1.807) is 6.20 Å². The van der Waals surface area contributed by atoms with Crippen molar-refractivity contribution in [2.75, 3.05) is 5.32 Å². The lowest BCUT2D eigenvalue weighted by Gasteiger charge is -2.11. The van der Waals surface area contributed by atoms with E-state index in [1.807, 2.05) is 12.1 Å². The van der Waals surface area contributed by atoms with E-state index >= 15 is 0 Å². The molecule has 0 aliphatic carbocycles. The summed E-state index contributed by atoms with van der Waals surface area (Å²) in [6.45, 7) is 5.11. The van der Waals surface area contributed by atoms with Crippen LogP contribution in [0.2, 0.25) is 0 Å². The smallest absolute Gasteiger partial charge is 0.124 e. The van der Waals surface area contributed by atoms with Gasteiger partial charge < -0.3 is 11.1 Å². The molecule has 1 aromatic heterocycles. The summed E-state index contributed by atoms with van der Waals surface area (Å²) in [6, 6.07) is 12.4. The summed E-state index contributed by atoms with van der Waals surface area (Å²) in [6.07, 6.45) is 1.69. The van der Waals surface area contributed by atoms with Crippen molar-refractivity contribution in [3.8, 4) is 0 Å². The number of nitrogens with zero attached hydrogens (tertiary/aromatic N) is 1. The lowest BCUT2D eigenvalue weighted by molar-refractivity contribution is 0.865. The molecule has 0 saturated carbocycles. The van der Waals surface area contributed by atoms with Gasteiger partial charge in [-0.25, -0.2) is 0 Å². The zero-order valence-electron chi connectivity index (χ0n) is 11.8. The number of pyridine rings is 1. The van der Waals surface area contributed by atoms with Gasteiger partial charge in [0.1, 0.15) is 10.7 Å². The summed E-state index contributed by atoms with van der Waals surface area (Å²) in [5.41, 5.74) is 9.74. The number of hydrogen-bond donors (Lipinski definition) is 2. The zero-order valence-corrected chi connectivity index (χ0v) is 12.6. The number of aromatic nitrogens is 1. The SMILES string of the molecule is CC(C)c1ccc(CNc2cccnc2C(N)=S)cc1. The first-order valence-electron chi connectivity index (χ1n) is 6.65. The van der Waals surface area contributed by atoms with Crippen LogP contribution < -0.4 is 11.1 Å². The van der Waals surface area contributed by atoms with Crippen molar-refractivity contribution in [2.24, 2.45) is 5.73 Å². The van der Waals surface area contributed by atoms with Gasteiger partial charge >= 0.3 is 0 Å². The van der Waals surface area contributed by atoms with Crippen molar-refractivity contribution in [3.63, 3.8) is 0 Å². The Morgan fingerprint density at radius 3 is 2.55 bits per heavy atom. The van der Waals surface area contributed by atoms with Gasteiger partial charge in [0.05, 0.1) is 5.69 Å². The van der Waals surface area contributed by atoms with Gasteiger partial charge in [-0.3, -0.25) is 4.98 Å². The average Bonchev–Trinajstić information content (AvgIpc) is 2.45. The molecule has 3 nitrogen and oxygen atoms in total. The standard InChI is InChI=1S/C16H19N3S/c1-11(2)13-7-5-12(6-8-13)10-19-14-4-3-9-18-15(14)16(17)20/h3-9,11,19H,10H2,1-2H3,(H2,17,20). The predicted molar refractivity (Wildman–Crippen MR) is 88.0 cm³/mol. The van der Waals surface area contributed by atoms with E-state index in [1.165, 1.54) is 11.1 Å². The molecule has 0 aliphatic heterocycles. The fourth-order valence-electron chi connectivity index (χ4n) is 1.96. The molecule has 0 atom stereocenters. The van der Waals surface area contributed by atoms with Crippen molar-refractivity contribution in [2.45, 2.75) is 26.3 Å². The summed E-state index contributed by atoms with van der Waals surface area (Å²) < 4.78 is 0. The second-order valence-corrected chi connectivity index (χ2v) is 5.45. The minimum atomic E-state index is 0.309. The molecule has 0 bridgehead atoms. The van der Waals surface area contributed by atoms with Crippen molar-refractivity contribution >= 4 is 22.9 Å². The van der Waals surface area contributed by atoms with Crippen LogP contribution in [-0.2, 0) is 6.54 Å². The van der Waals surface area contributed by atoms with Gasteiger partial charge in [-0.15, -0.1) is 0 Å². The molecule has 0 unspecified atom stereocenters. The number of benzene rings is 1. The molecule has 0 amide bonds. The van der Waals surface area contributed by atoms with Gasteiger partial charge in [-0.2, -0.15) is 0 Å². The third-order valence-electron chi connectivity index (χ3n) is 3.17. The minimum absolute atomic E-state index is 0.309. The molecule has 0 aliphatic rings. The number of hydrogen-bond acceptors (Lipinski definition) is 3. The van der Waals surface area contributed by atoms with E-state index in [9.17, 15) is 0 Å².